The topological polar surface area (TPSA) is 95.9 Å². The number of aliphatic carboxylic acids is 1. The molecule has 0 saturated carbocycles. The van der Waals surface area contributed by atoms with E-state index in [1.165, 1.54) is 0 Å². The Morgan fingerprint density at radius 2 is 2.20 bits per heavy atom. The summed E-state index contributed by atoms with van der Waals surface area (Å²) in [5, 5.41) is 11.6. The summed E-state index contributed by atoms with van der Waals surface area (Å²) in [5.74, 6) is -0.981. The number of unbranched alkanes of at least 4 members (excludes halogenated alkanes) is 1. The summed E-state index contributed by atoms with van der Waals surface area (Å²) in [7, 11) is 0. The molecule has 7 nitrogen and oxygen atoms in total. The lowest BCUT2D eigenvalue weighted by atomic mass is 10.1. The van der Waals surface area contributed by atoms with E-state index < -0.39 is 17.9 Å². The van der Waals surface area contributed by atoms with Gasteiger partial charge in [0.2, 0.25) is 5.91 Å². The number of carboxylic acid groups (broad SMARTS) is 1. The molecule has 0 spiro atoms. The molecular formula is C18H24N2O5. The van der Waals surface area contributed by atoms with Gasteiger partial charge in [0.15, 0.2) is 6.61 Å². The van der Waals surface area contributed by atoms with E-state index in [2.05, 4.69) is 5.32 Å². The van der Waals surface area contributed by atoms with Gasteiger partial charge in [0.25, 0.3) is 5.91 Å². The smallest absolute Gasteiger partial charge is 0.326 e. The molecule has 1 fully saturated rings. The number of nitrogens with one attached hydrogen (secondary N) is 1. The van der Waals surface area contributed by atoms with E-state index in [9.17, 15) is 14.4 Å². The Bertz CT molecular complexity index is 632. The number of anilines is 1. The molecule has 1 aromatic rings. The van der Waals surface area contributed by atoms with Crippen molar-refractivity contribution in [1.82, 2.24) is 5.32 Å². The largest absolute Gasteiger partial charge is 0.484 e. The first-order valence-electron chi connectivity index (χ1n) is 8.56. The molecule has 1 heterocycles. The quantitative estimate of drug-likeness (QED) is 0.711. The average molecular weight is 348 g/mol. The third kappa shape index (κ3) is 5.48. The SMILES string of the molecule is CCCCC(NC(=O)COc1cccc(N2CCCC2=O)c1)C(=O)O. The molecule has 2 rings (SSSR count). The minimum atomic E-state index is -1.05. The lowest BCUT2D eigenvalue weighted by Crippen LogP contribution is -2.42. The van der Waals surface area contributed by atoms with Gasteiger partial charge in [-0.2, -0.15) is 0 Å². The van der Waals surface area contributed by atoms with Crippen molar-refractivity contribution in [2.45, 2.75) is 45.1 Å². The van der Waals surface area contributed by atoms with Crippen molar-refractivity contribution < 1.29 is 24.2 Å². The van der Waals surface area contributed by atoms with Crippen LogP contribution in [0.1, 0.15) is 39.0 Å². The van der Waals surface area contributed by atoms with Crippen LogP contribution in [0.15, 0.2) is 24.3 Å². The molecule has 2 N–H and O–H groups in total. The first-order valence-corrected chi connectivity index (χ1v) is 8.56. The fourth-order valence-electron chi connectivity index (χ4n) is 2.71. The molecule has 136 valence electrons. The van der Waals surface area contributed by atoms with E-state index >= 15 is 0 Å². The van der Waals surface area contributed by atoms with Crippen LogP contribution in [0, 0.1) is 0 Å². The first kappa shape index (κ1) is 18.8. The highest BCUT2D eigenvalue weighted by molar-refractivity contribution is 5.95. The summed E-state index contributed by atoms with van der Waals surface area (Å²) in [5.41, 5.74) is 0.742. The van der Waals surface area contributed by atoms with Gasteiger partial charge in [0, 0.05) is 24.7 Å². The van der Waals surface area contributed by atoms with Crippen LogP contribution in [0.25, 0.3) is 0 Å². The monoisotopic (exact) mass is 348 g/mol. The van der Waals surface area contributed by atoms with Crippen molar-refractivity contribution >= 4 is 23.5 Å². The molecular weight excluding hydrogens is 324 g/mol. The van der Waals surface area contributed by atoms with Crippen LogP contribution >= 0.6 is 0 Å². The summed E-state index contributed by atoms with van der Waals surface area (Å²) in [6, 6.07) is 6.09. The van der Waals surface area contributed by atoms with E-state index in [-0.39, 0.29) is 12.5 Å². The number of carbonyl (C=O) groups excluding carboxylic acids is 2. The highest BCUT2D eigenvalue weighted by Crippen LogP contribution is 2.25. The Morgan fingerprint density at radius 3 is 2.84 bits per heavy atom. The molecule has 2 amide bonds. The van der Waals surface area contributed by atoms with Crippen molar-refractivity contribution in [2.24, 2.45) is 0 Å². The minimum absolute atomic E-state index is 0.0788. The molecule has 0 bridgehead atoms. The molecule has 0 aliphatic carbocycles. The summed E-state index contributed by atoms with van der Waals surface area (Å²) in [6.07, 6.45) is 3.36. The van der Waals surface area contributed by atoms with Crippen LogP contribution in [0.4, 0.5) is 5.69 Å². The second-order valence-corrected chi connectivity index (χ2v) is 6.04. The number of rotatable bonds is 9. The maximum absolute atomic E-state index is 11.9. The number of carbonyl (C=O) groups is 3. The summed E-state index contributed by atoms with van der Waals surface area (Å²) >= 11 is 0. The Kier molecular flexibility index (Phi) is 6.80. The van der Waals surface area contributed by atoms with E-state index in [0.29, 0.717) is 25.1 Å². The molecule has 0 radical (unpaired) electrons. The van der Waals surface area contributed by atoms with E-state index in [0.717, 1.165) is 24.9 Å². The Balaban J connectivity index is 1.88. The van der Waals surface area contributed by atoms with Crippen LogP contribution in [-0.4, -0.2) is 42.1 Å². The normalized spacial score (nSPS) is 15.1. The molecule has 7 heteroatoms. The summed E-state index contributed by atoms with van der Waals surface area (Å²) in [6.45, 7) is 2.37. The van der Waals surface area contributed by atoms with Crippen LogP contribution in [0.2, 0.25) is 0 Å². The number of benzene rings is 1. The van der Waals surface area contributed by atoms with Crippen molar-refractivity contribution in [3.8, 4) is 5.75 Å². The van der Waals surface area contributed by atoms with Crippen LogP contribution in [-0.2, 0) is 14.4 Å². The first-order chi connectivity index (χ1) is 12.0. The van der Waals surface area contributed by atoms with E-state index in [1.807, 2.05) is 13.0 Å². The van der Waals surface area contributed by atoms with Crippen LogP contribution < -0.4 is 15.0 Å². The van der Waals surface area contributed by atoms with Gasteiger partial charge >= 0.3 is 5.97 Å². The zero-order valence-corrected chi connectivity index (χ0v) is 14.4. The Labute approximate surface area is 147 Å². The fraction of sp³-hybridized carbons (Fsp3) is 0.500. The molecule has 1 aliphatic rings. The lowest BCUT2D eigenvalue weighted by Gasteiger charge is -2.17. The second-order valence-electron chi connectivity index (χ2n) is 6.04. The molecule has 1 aromatic carbocycles. The van der Waals surface area contributed by atoms with E-state index in [4.69, 9.17) is 9.84 Å². The lowest BCUT2D eigenvalue weighted by molar-refractivity contribution is -0.142. The number of ether oxygens (including phenoxy) is 1. The highest BCUT2D eigenvalue weighted by atomic mass is 16.5. The highest BCUT2D eigenvalue weighted by Gasteiger charge is 2.22. The average Bonchev–Trinajstić information content (AvgIpc) is 3.03. The molecule has 1 atom stereocenters. The number of hydrogen-bond donors (Lipinski definition) is 2. The van der Waals surface area contributed by atoms with Crippen molar-refractivity contribution in [3.05, 3.63) is 24.3 Å². The third-order valence-electron chi connectivity index (χ3n) is 4.05. The Hall–Kier alpha value is -2.57. The van der Waals surface area contributed by atoms with Crippen molar-refractivity contribution in [3.63, 3.8) is 0 Å². The van der Waals surface area contributed by atoms with Crippen molar-refractivity contribution in [2.75, 3.05) is 18.1 Å². The maximum Gasteiger partial charge on any atom is 0.326 e. The zero-order valence-electron chi connectivity index (χ0n) is 14.4. The van der Waals surface area contributed by atoms with Crippen LogP contribution in [0.3, 0.4) is 0 Å². The molecule has 1 saturated heterocycles. The van der Waals surface area contributed by atoms with Gasteiger partial charge in [0.05, 0.1) is 0 Å². The predicted molar refractivity (Wildman–Crippen MR) is 92.6 cm³/mol. The van der Waals surface area contributed by atoms with Gasteiger partial charge < -0.3 is 20.1 Å². The number of carboxylic acids is 1. The fourth-order valence-corrected chi connectivity index (χ4v) is 2.71. The van der Waals surface area contributed by atoms with Crippen molar-refractivity contribution in [1.29, 1.82) is 0 Å². The molecule has 0 aromatic heterocycles. The van der Waals surface area contributed by atoms with Gasteiger partial charge in [-0.05, 0) is 25.0 Å². The Morgan fingerprint density at radius 1 is 1.40 bits per heavy atom. The minimum Gasteiger partial charge on any atom is -0.484 e. The van der Waals surface area contributed by atoms with Gasteiger partial charge in [0.1, 0.15) is 11.8 Å². The molecule has 1 unspecified atom stereocenters. The standard InChI is InChI=1S/C18H24N2O5/c1-2-3-8-15(18(23)24)19-16(21)12-25-14-7-4-6-13(11-14)20-10-5-9-17(20)22/h4,6-7,11,15H,2-3,5,8-10,12H2,1H3,(H,19,21)(H,23,24). The molecule has 1 aliphatic heterocycles. The van der Waals surface area contributed by atoms with Crippen LogP contribution in [0.5, 0.6) is 5.75 Å². The van der Waals surface area contributed by atoms with Gasteiger partial charge in [-0.3, -0.25) is 9.59 Å². The zero-order chi connectivity index (χ0) is 18.2. The molecule has 25 heavy (non-hydrogen) atoms. The van der Waals surface area contributed by atoms with Gasteiger partial charge in [-0.25, -0.2) is 4.79 Å². The van der Waals surface area contributed by atoms with Gasteiger partial charge in [-0.1, -0.05) is 25.8 Å². The number of hydrogen-bond acceptors (Lipinski definition) is 4. The second kappa shape index (κ2) is 9.05. The number of nitrogens with zero attached hydrogens (tertiary/aromatic N) is 1. The maximum atomic E-state index is 11.9. The number of amides is 2. The summed E-state index contributed by atoms with van der Waals surface area (Å²) < 4.78 is 5.45. The van der Waals surface area contributed by atoms with E-state index in [1.54, 1.807) is 23.1 Å². The third-order valence-corrected chi connectivity index (χ3v) is 4.05. The van der Waals surface area contributed by atoms with Gasteiger partial charge in [-0.15, -0.1) is 0 Å². The predicted octanol–water partition coefficient (Wildman–Crippen LogP) is 1.95. The summed E-state index contributed by atoms with van der Waals surface area (Å²) in [4.78, 5) is 36.5.